The van der Waals surface area contributed by atoms with Gasteiger partial charge in [0.05, 0.1) is 0 Å². The molecule has 5 rings (SSSR count). The van der Waals surface area contributed by atoms with Crippen molar-refractivity contribution in [1.82, 2.24) is 10.2 Å². The molecular weight excluding hydrogens is 453 g/mol. The molecule has 5 nitrogen and oxygen atoms in total. The van der Waals surface area contributed by atoms with Crippen LogP contribution in [0.4, 0.5) is 10.1 Å². The second kappa shape index (κ2) is 9.77. The number of benzene rings is 4. The van der Waals surface area contributed by atoms with E-state index in [4.69, 9.17) is 20.8 Å². The fourth-order valence-electron chi connectivity index (χ4n) is 3.42. The molecule has 0 unspecified atom stereocenters. The Hall–Kier alpha value is -4.16. The number of rotatable bonds is 7. The number of nitrogens with zero attached hydrogens (tertiary/aromatic N) is 2. The smallest absolute Gasteiger partial charge is 0.247 e. The van der Waals surface area contributed by atoms with Crippen LogP contribution in [0.25, 0.3) is 11.5 Å². The maximum Gasteiger partial charge on any atom is 0.247 e. The van der Waals surface area contributed by atoms with Crippen molar-refractivity contribution in [3.05, 3.63) is 125 Å². The Kier molecular flexibility index (Phi) is 6.23. The second-order valence-electron chi connectivity index (χ2n) is 7.52. The van der Waals surface area contributed by atoms with E-state index in [1.54, 1.807) is 36.4 Å². The summed E-state index contributed by atoms with van der Waals surface area (Å²) in [7, 11) is 0. The molecule has 0 aliphatic heterocycles. The van der Waals surface area contributed by atoms with Crippen LogP contribution in [0.3, 0.4) is 0 Å². The summed E-state index contributed by atoms with van der Waals surface area (Å²) < 4.78 is 25.4. The summed E-state index contributed by atoms with van der Waals surface area (Å²) in [5.41, 5.74) is 2.41. The molecule has 7 heteroatoms. The van der Waals surface area contributed by atoms with Gasteiger partial charge in [0.1, 0.15) is 23.4 Å². The van der Waals surface area contributed by atoms with Gasteiger partial charge in [-0.25, -0.2) is 4.39 Å². The van der Waals surface area contributed by atoms with Crippen LogP contribution in [0.1, 0.15) is 17.5 Å². The van der Waals surface area contributed by atoms with Crippen molar-refractivity contribution in [2.75, 3.05) is 5.32 Å². The largest absolute Gasteiger partial charge is 0.457 e. The highest BCUT2D eigenvalue weighted by atomic mass is 35.5. The van der Waals surface area contributed by atoms with Gasteiger partial charge in [-0.2, -0.15) is 0 Å². The van der Waals surface area contributed by atoms with Gasteiger partial charge in [-0.15, -0.1) is 10.2 Å². The summed E-state index contributed by atoms with van der Waals surface area (Å²) in [4.78, 5) is 0. The van der Waals surface area contributed by atoms with Crippen molar-refractivity contribution in [3.8, 4) is 23.0 Å². The minimum atomic E-state index is -0.478. The Labute approximate surface area is 200 Å². The third-order valence-corrected chi connectivity index (χ3v) is 5.38. The van der Waals surface area contributed by atoms with E-state index in [1.807, 2.05) is 54.6 Å². The summed E-state index contributed by atoms with van der Waals surface area (Å²) in [6.07, 6.45) is 0. The molecule has 4 aromatic carbocycles. The molecule has 168 valence electrons. The standard InChI is InChI=1S/C27H19ClFN3O2/c28-20-8-14-23(15-9-20)33-24-16-12-22(13-17-24)30-25(18-6-10-21(29)11-7-18)27-32-31-26(34-27)19-4-2-1-3-5-19/h1-17,25,30H/t25-/m0/s1. The molecule has 0 radical (unpaired) electrons. The van der Waals surface area contributed by atoms with Gasteiger partial charge in [0, 0.05) is 16.3 Å². The van der Waals surface area contributed by atoms with Gasteiger partial charge in [0.15, 0.2) is 0 Å². The SMILES string of the molecule is Fc1ccc([C@H](Nc2ccc(Oc3ccc(Cl)cc3)cc2)c2nnc(-c3ccccc3)o2)cc1. The number of nitrogens with one attached hydrogen (secondary N) is 1. The molecule has 1 N–H and O–H groups in total. The number of halogens is 2. The van der Waals surface area contributed by atoms with Gasteiger partial charge < -0.3 is 14.5 Å². The van der Waals surface area contributed by atoms with Crippen molar-refractivity contribution in [3.63, 3.8) is 0 Å². The van der Waals surface area contributed by atoms with Crippen LogP contribution in [-0.4, -0.2) is 10.2 Å². The molecule has 0 fully saturated rings. The second-order valence-corrected chi connectivity index (χ2v) is 7.96. The lowest BCUT2D eigenvalue weighted by atomic mass is 10.1. The minimum Gasteiger partial charge on any atom is -0.457 e. The summed E-state index contributed by atoms with van der Waals surface area (Å²) in [6, 6.07) is 29.9. The van der Waals surface area contributed by atoms with Crippen LogP contribution in [0.2, 0.25) is 5.02 Å². The van der Waals surface area contributed by atoms with E-state index < -0.39 is 6.04 Å². The zero-order valence-corrected chi connectivity index (χ0v) is 18.6. The molecule has 0 spiro atoms. The first-order valence-electron chi connectivity index (χ1n) is 10.6. The van der Waals surface area contributed by atoms with Crippen LogP contribution >= 0.6 is 11.6 Å². The minimum absolute atomic E-state index is 0.318. The zero-order chi connectivity index (χ0) is 23.3. The average molecular weight is 472 g/mol. The van der Waals surface area contributed by atoms with Gasteiger partial charge >= 0.3 is 0 Å². The summed E-state index contributed by atoms with van der Waals surface area (Å²) in [5, 5.41) is 12.5. The fourth-order valence-corrected chi connectivity index (χ4v) is 3.54. The van der Waals surface area contributed by atoms with Crippen LogP contribution in [0.5, 0.6) is 11.5 Å². The number of anilines is 1. The number of ether oxygens (including phenoxy) is 1. The van der Waals surface area contributed by atoms with E-state index in [2.05, 4.69) is 15.5 Å². The summed E-state index contributed by atoms with van der Waals surface area (Å²) in [5.74, 6) is 1.83. The quantitative estimate of drug-likeness (QED) is 0.266. The average Bonchev–Trinajstić information content (AvgIpc) is 3.36. The Morgan fingerprint density at radius 2 is 1.41 bits per heavy atom. The lowest BCUT2D eigenvalue weighted by Crippen LogP contribution is -2.13. The molecular formula is C27H19ClFN3O2. The highest BCUT2D eigenvalue weighted by Gasteiger charge is 2.22. The van der Waals surface area contributed by atoms with Crippen LogP contribution in [0.15, 0.2) is 108 Å². The molecule has 1 heterocycles. The molecule has 0 aliphatic rings. The van der Waals surface area contributed by atoms with Gasteiger partial charge in [0.25, 0.3) is 0 Å². The Morgan fingerprint density at radius 1 is 0.765 bits per heavy atom. The highest BCUT2D eigenvalue weighted by Crippen LogP contribution is 2.30. The van der Waals surface area contributed by atoms with Crippen molar-refractivity contribution in [1.29, 1.82) is 0 Å². The molecule has 0 amide bonds. The molecule has 34 heavy (non-hydrogen) atoms. The molecule has 0 saturated carbocycles. The maximum atomic E-state index is 13.6. The monoisotopic (exact) mass is 471 g/mol. The normalized spacial score (nSPS) is 11.7. The van der Waals surface area contributed by atoms with Crippen LogP contribution in [0, 0.1) is 5.82 Å². The number of aromatic nitrogens is 2. The number of hydrogen-bond acceptors (Lipinski definition) is 5. The van der Waals surface area contributed by atoms with Gasteiger partial charge in [-0.1, -0.05) is 41.9 Å². The van der Waals surface area contributed by atoms with E-state index in [1.165, 1.54) is 12.1 Å². The lowest BCUT2D eigenvalue weighted by Gasteiger charge is -2.17. The molecule has 1 aromatic heterocycles. The van der Waals surface area contributed by atoms with E-state index in [0.717, 1.165) is 16.8 Å². The Bertz CT molecular complexity index is 1360. The molecule has 5 aromatic rings. The van der Waals surface area contributed by atoms with Crippen molar-refractivity contribution in [2.24, 2.45) is 0 Å². The van der Waals surface area contributed by atoms with Crippen LogP contribution in [-0.2, 0) is 0 Å². The third-order valence-electron chi connectivity index (χ3n) is 5.13. The molecule has 0 saturated heterocycles. The molecule has 0 bridgehead atoms. The van der Waals surface area contributed by atoms with Crippen molar-refractivity contribution in [2.45, 2.75) is 6.04 Å². The van der Waals surface area contributed by atoms with Crippen LogP contribution < -0.4 is 10.1 Å². The van der Waals surface area contributed by atoms with Gasteiger partial charge in [-0.05, 0) is 78.4 Å². The van der Waals surface area contributed by atoms with E-state index in [9.17, 15) is 4.39 Å². The summed E-state index contributed by atoms with van der Waals surface area (Å²) >= 11 is 5.93. The topological polar surface area (TPSA) is 60.2 Å². The zero-order valence-electron chi connectivity index (χ0n) is 17.9. The van der Waals surface area contributed by atoms with Crippen molar-refractivity contribution < 1.29 is 13.5 Å². The maximum absolute atomic E-state index is 13.6. The Morgan fingerprint density at radius 3 is 2.09 bits per heavy atom. The summed E-state index contributed by atoms with van der Waals surface area (Å²) in [6.45, 7) is 0. The van der Waals surface area contributed by atoms with E-state index in [0.29, 0.717) is 28.3 Å². The third kappa shape index (κ3) is 5.08. The Balaban J connectivity index is 1.39. The molecule has 1 atom stereocenters. The molecule has 0 aliphatic carbocycles. The lowest BCUT2D eigenvalue weighted by molar-refractivity contribution is 0.482. The number of hydrogen-bond donors (Lipinski definition) is 1. The van der Waals surface area contributed by atoms with Crippen molar-refractivity contribution >= 4 is 17.3 Å². The van der Waals surface area contributed by atoms with E-state index >= 15 is 0 Å². The highest BCUT2D eigenvalue weighted by molar-refractivity contribution is 6.30. The fraction of sp³-hybridized carbons (Fsp3) is 0.0370. The first kappa shape index (κ1) is 21.7. The first-order valence-corrected chi connectivity index (χ1v) is 11.0. The predicted molar refractivity (Wildman–Crippen MR) is 130 cm³/mol. The first-order chi connectivity index (χ1) is 16.6. The van der Waals surface area contributed by atoms with Gasteiger partial charge in [0.2, 0.25) is 11.8 Å². The van der Waals surface area contributed by atoms with E-state index in [-0.39, 0.29) is 5.82 Å². The predicted octanol–water partition coefficient (Wildman–Crippen LogP) is 7.52. The van der Waals surface area contributed by atoms with Gasteiger partial charge in [-0.3, -0.25) is 0 Å².